The Balaban J connectivity index is 1.81. The molecule has 0 radical (unpaired) electrons. The molecule has 1 atom stereocenters. The highest BCUT2D eigenvalue weighted by atomic mass is 127. The Morgan fingerprint density at radius 1 is 1.06 bits per heavy atom. The van der Waals surface area contributed by atoms with Crippen LogP contribution in [0.4, 0.5) is 5.69 Å². The van der Waals surface area contributed by atoms with E-state index in [1.165, 1.54) is 18.2 Å². The number of phenols is 1. The van der Waals surface area contributed by atoms with Crippen molar-refractivity contribution in [3.63, 3.8) is 0 Å². The molecule has 0 aliphatic carbocycles. The molecular weight excluding hydrogens is 642 g/mol. The maximum atomic E-state index is 11.0. The number of aliphatic carboxylic acids is 1. The summed E-state index contributed by atoms with van der Waals surface area (Å²) in [6, 6.07) is 13.7. The molecule has 3 aromatic rings. The number of rotatable bonds is 8. The fourth-order valence-electron chi connectivity index (χ4n) is 3.01. The number of nitro groups is 1. The van der Waals surface area contributed by atoms with Gasteiger partial charge in [0.1, 0.15) is 17.5 Å². The Morgan fingerprint density at radius 3 is 2.25 bits per heavy atom. The molecule has 1 unspecified atom stereocenters. The van der Waals surface area contributed by atoms with Crippen molar-refractivity contribution in [3.05, 3.63) is 88.5 Å². The first-order chi connectivity index (χ1) is 15.1. The van der Waals surface area contributed by atoms with Gasteiger partial charge < -0.3 is 20.7 Å². The lowest BCUT2D eigenvalue weighted by Crippen LogP contribution is -2.32. The Bertz CT molecular complexity index is 1140. The van der Waals surface area contributed by atoms with Gasteiger partial charge in [-0.2, -0.15) is 0 Å². The summed E-state index contributed by atoms with van der Waals surface area (Å²) in [5.41, 5.74) is 7.87. The van der Waals surface area contributed by atoms with E-state index in [1.54, 1.807) is 24.3 Å². The summed E-state index contributed by atoms with van der Waals surface area (Å²) in [7, 11) is 0. The monoisotopic (exact) mass is 660 g/mol. The number of phenolic OH excluding ortho intramolecular Hbond substituents is 1. The molecule has 0 aliphatic rings. The molecule has 0 heterocycles. The van der Waals surface area contributed by atoms with Gasteiger partial charge >= 0.3 is 5.97 Å². The SMILES string of the molecule is NC(Cc1cc(I)c(Oc2ccc(O)c(Cc3ccc([N+](=O)[O-])cc3)c2)c(I)c1)C(=O)O. The average molecular weight is 660 g/mol. The van der Waals surface area contributed by atoms with Crippen LogP contribution in [0.3, 0.4) is 0 Å². The maximum absolute atomic E-state index is 11.0. The molecule has 10 heteroatoms. The molecule has 3 rings (SSSR count). The van der Waals surface area contributed by atoms with Gasteiger partial charge in [0.25, 0.3) is 5.69 Å². The molecule has 0 aliphatic heterocycles. The van der Waals surface area contributed by atoms with Gasteiger partial charge in [0.05, 0.1) is 12.1 Å². The van der Waals surface area contributed by atoms with Crippen molar-refractivity contribution in [1.29, 1.82) is 0 Å². The molecule has 0 amide bonds. The number of carboxylic acids is 1. The largest absolute Gasteiger partial charge is 0.508 e. The minimum atomic E-state index is -1.06. The van der Waals surface area contributed by atoms with E-state index in [2.05, 4.69) is 45.2 Å². The van der Waals surface area contributed by atoms with Crippen molar-refractivity contribution in [3.8, 4) is 17.2 Å². The molecule has 3 aromatic carbocycles. The van der Waals surface area contributed by atoms with Crippen LogP contribution in [0.1, 0.15) is 16.7 Å². The first-order valence-corrected chi connectivity index (χ1v) is 11.5. The third kappa shape index (κ3) is 6.07. The predicted molar refractivity (Wildman–Crippen MR) is 135 cm³/mol. The smallest absolute Gasteiger partial charge is 0.320 e. The Kier molecular flexibility index (Phi) is 7.90. The second kappa shape index (κ2) is 10.4. The van der Waals surface area contributed by atoms with Crippen molar-refractivity contribution in [2.24, 2.45) is 5.73 Å². The molecule has 0 aromatic heterocycles. The summed E-state index contributed by atoms with van der Waals surface area (Å²) in [4.78, 5) is 21.4. The lowest BCUT2D eigenvalue weighted by molar-refractivity contribution is -0.384. The zero-order valence-electron chi connectivity index (χ0n) is 16.5. The van der Waals surface area contributed by atoms with E-state index in [4.69, 9.17) is 15.6 Å². The molecule has 0 fully saturated rings. The summed E-state index contributed by atoms with van der Waals surface area (Å²) >= 11 is 4.24. The number of non-ortho nitro benzene ring substituents is 1. The average Bonchev–Trinajstić information content (AvgIpc) is 2.73. The summed E-state index contributed by atoms with van der Waals surface area (Å²) in [6.45, 7) is 0. The van der Waals surface area contributed by atoms with Gasteiger partial charge in [0.2, 0.25) is 0 Å². The van der Waals surface area contributed by atoms with Crippen LogP contribution in [0, 0.1) is 17.3 Å². The lowest BCUT2D eigenvalue weighted by Gasteiger charge is -2.14. The van der Waals surface area contributed by atoms with Crippen LogP contribution in [0.25, 0.3) is 0 Å². The van der Waals surface area contributed by atoms with E-state index in [1.807, 2.05) is 12.1 Å². The Hall–Kier alpha value is -2.45. The number of benzene rings is 3. The molecule has 0 spiro atoms. The predicted octanol–water partition coefficient (Wildman–Crippen LogP) is 4.85. The first-order valence-electron chi connectivity index (χ1n) is 9.33. The van der Waals surface area contributed by atoms with Crippen LogP contribution in [0.5, 0.6) is 17.2 Å². The number of ether oxygens (including phenoxy) is 1. The van der Waals surface area contributed by atoms with Gasteiger partial charge in [-0.15, -0.1) is 0 Å². The molecule has 0 saturated carbocycles. The van der Waals surface area contributed by atoms with E-state index in [-0.39, 0.29) is 17.9 Å². The minimum absolute atomic E-state index is 0.00645. The number of nitro benzene ring substituents is 1. The van der Waals surface area contributed by atoms with Crippen LogP contribution in [0.2, 0.25) is 0 Å². The summed E-state index contributed by atoms with van der Waals surface area (Å²) < 4.78 is 7.66. The van der Waals surface area contributed by atoms with E-state index in [0.29, 0.717) is 23.5 Å². The zero-order valence-corrected chi connectivity index (χ0v) is 20.8. The van der Waals surface area contributed by atoms with Crippen LogP contribution < -0.4 is 10.5 Å². The molecule has 8 nitrogen and oxygen atoms in total. The Labute approximate surface area is 210 Å². The normalized spacial score (nSPS) is 11.7. The summed E-state index contributed by atoms with van der Waals surface area (Å²) in [6.07, 6.45) is 0.585. The molecule has 0 bridgehead atoms. The summed E-state index contributed by atoms with van der Waals surface area (Å²) in [5, 5.41) is 30.1. The topological polar surface area (TPSA) is 136 Å². The van der Waals surface area contributed by atoms with E-state index in [0.717, 1.165) is 18.3 Å². The van der Waals surface area contributed by atoms with Gasteiger partial charge in [-0.05, 0) is 93.1 Å². The van der Waals surface area contributed by atoms with Crippen molar-refractivity contribution in [2.75, 3.05) is 0 Å². The van der Waals surface area contributed by atoms with Crippen LogP contribution in [-0.2, 0) is 17.6 Å². The van der Waals surface area contributed by atoms with Crippen LogP contribution in [-0.4, -0.2) is 27.1 Å². The lowest BCUT2D eigenvalue weighted by atomic mass is 10.0. The van der Waals surface area contributed by atoms with Crippen LogP contribution >= 0.6 is 45.2 Å². The van der Waals surface area contributed by atoms with Crippen molar-refractivity contribution < 1.29 is 24.7 Å². The first kappa shape index (κ1) is 24.2. The van der Waals surface area contributed by atoms with E-state index in [9.17, 15) is 20.0 Å². The molecule has 32 heavy (non-hydrogen) atoms. The second-order valence-corrected chi connectivity index (χ2v) is 9.35. The molecular formula is C22H18I2N2O6. The van der Waals surface area contributed by atoms with Gasteiger partial charge in [0.15, 0.2) is 5.75 Å². The number of carboxylic acid groups (broad SMARTS) is 1. The molecule has 166 valence electrons. The van der Waals surface area contributed by atoms with Gasteiger partial charge in [0, 0.05) is 24.1 Å². The highest BCUT2D eigenvalue weighted by molar-refractivity contribution is 14.1. The number of hydrogen-bond donors (Lipinski definition) is 3. The fourth-order valence-corrected chi connectivity index (χ4v) is 5.13. The van der Waals surface area contributed by atoms with Crippen molar-refractivity contribution in [1.82, 2.24) is 0 Å². The van der Waals surface area contributed by atoms with Gasteiger partial charge in [-0.25, -0.2) is 0 Å². The van der Waals surface area contributed by atoms with Gasteiger partial charge in [-0.1, -0.05) is 12.1 Å². The number of nitrogens with zero attached hydrogens (tertiary/aromatic N) is 1. The number of halogens is 2. The third-order valence-electron chi connectivity index (χ3n) is 4.64. The third-order valence-corrected chi connectivity index (χ3v) is 6.25. The zero-order chi connectivity index (χ0) is 23.4. The maximum Gasteiger partial charge on any atom is 0.320 e. The minimum Gasteiger partial charge on any atom is -0.508 e. The van der Waals surface area contributed by atoms with E-state index < -0.39 is 16.9 Å². The highest BCUT2D eigenvalue weighted by Crippen LogP contribution is 2.35. The number of hydrogen-bond acceptors (Lipinski definition) is 6. The fraction of sp³-hybridized carbons (Fsp3) is 0.136. The quantitative estimate of drug-likeness (QED) is 0.179. The van der Waals surface area contributed by atoms with E-state index >= 15 is 0 Å². The summed E-state index contributed by atoms with van der Waals surface area (Å²) in [5.74, 6) is 0.175. The molecule has 4 N–H and O–H groups in total. The number of aromatic hydroxyl groups is 1. The number of carbonyl (C=O) groups is 1. The highest BCUT2D eigenvalue weighted by Gasteiger charge is 2.16. The number of nitrogens with two attached hydrogens (primary N) is 1. The van der Waals surface area contributed by atoms with Gasteiger partial charge in [-0.3, -0.25) is 14.9 Å². The van der Waals surface area contributed by atoms with Crippen molar-refractivity contribution in [2.45, 2.75) is 18.9 Å². The Morgan fingerprint density at radius 2 is 1.69 bits per heavy atom. The second-order valence-electron chi connectivity index (χ2n) is 7.03. The standard InChI is InChI=1S/C22H18I2N2O6/c23-17-8-13(10-19(25)22(28)29)9-18(24)21(17)32-16-5-6-20(27)14(11-16)7-12-1-3-15(4-2-12)26(30)31/h1-6,8-9,11,19,27H,7,10,25H2,(H,28,29). The van der Waals surface area contributed by atoms with Crippen molar-refractivity contribution >= 4 is 56.8 Å². The van der Waals surface area contributed by atoms with Crippen LogP contribution in [0.15, 0.2) is 54.6 Å². The molecule has 0 saturated heterocycles.